The van der Waals surface area contributed by atoms with E-state index in [0.717, 1.165) is 24.6 Å². The molecule has 1 aliphatic carbocycles. The minimum Gasteiger partial charge on any atom is -0.342 e. The van der Waals surface area contributed by atoms with Crippen molar-refractivity contribution in [2.24, 2.45) is 11.8 Å². The van der Waals surface area contributed by atoms with Gasteiger partial charge in [-0.3, -0.25) is 9.59 Å². The summed E-state index contributed by atoms with van der Waals surface area (Å²) in [5.41, 5.74) is 0. The maximum Gasteiger partial charge on any atom is 0.225 e. The smallest absolute Gasteiger partial charge is 0.225 e. The lowest BCUT2D eigenvalue weighted by Crippen LogP contribution is -2.42. The molecule has 18 heavy (non-hydrogen) atoms. The third-order valence-corrected chi connectivity index (χ3v) is 4.77. The minimum atomic E-state index is -0.639. The topological polar surface area (TPSA) is 37.4 Å². The molecule has 2 fully saturated rings. The Balaban J connectivity index is 1.79. The SMILES string of the molecule is O=C(SCF)C1CCN(C(=O)C2CCCC2)CC1. The van der Waals surface area contributed by atoms with Gasteiger partial charge in [0.25, 0.3) is 0 Å². The Morgan fingerprint density at radius 1 is 1.06 bits per heavy atom. The molecule has 0 aromatic rings. The van der Waals surface area contributed by atoms with Gasteiger partial charge in [-0.05, 0) is 25.7 Å². The normalized spacial score (nSPS) is 22.4. The van der Waals surface area contributed by atoms with Gasteiger partial charge in [0.15, 0.2) is 5.12 Å². The van der Waals surface area contributed by atoms with E-state index >= 15 is 0 Å². The predicted octanol–water partition coefficient (Wildman–Crippen LogP) is 2.60. The molecule has 0 unspecified atom stereocenters. The number of nitrogens with zero attached hydrogens (tertiary/aromatic N) is 1. The van der Waals surface area contributed by atoms with Crippen LogP contribution in [-0.2, 0) is 9.59 Å². The van der Waals surface area contributed by atoms with Crippen LogP contribution in [0, 0.1) is 11.8 Å². The van der Waals surface area contributed by atoms with E-state index in [-0.39, 0.29) is 22.9 Å². The van der Waals surface area contributed by atoms with E-state index in [4.69, 9.17) is 0 Å². The lowest BCUT2D eigenvalue weighted by molar-refractivity contribution is -0.137. The van der Waals surface area contributed by atoms with Gasteiger partial charge in [-0.2, -0.15) is 0 Å². The van der Waals surface area contributed by atoms with Gasteiger partial charge in [0.2, 0.25) is 5.91 Å². The molecule has 0 aromatic carbocycles. The summed E-state index contributed by atoms with van der Waals surface area (Å²) in [5.74, 6) is 0.437. The van der Waals surface area contributed by atoms with Crippen LogP contribution in [0.25, 0.3) is 0 Å². The standard InChI is InChI=1S/C13H20FNO2S/c14-9-18-13(17)11-5-7-15(8-6-11)12(16)10-3-1-2-4-10/h10-11H,1-9H2. The number of halogens is 1. The summed E-state index contributed by atoms with van der Waals surface area (Å²) in [5, 5.41) is -0.0505. The van der Waals surface area contributed by atoms with Crippen LogP contribution >= 0.6 is 11.8 Å². The zero-order valence-corrected chi connectivity index (χ0v) is 11.4. The van der Waals surface area contributed by atoms with Crippen LogP contribution in [0.2, 0.25) is 0 Å². The molecule has 0 radical (unpaired) electrons. The Morgan fingerprint density at radius 3 is 2.22 bits per heavy atom. The summed E-state index contributed by atoms with van der Waals surface area (Å²) in [6, 6.07) is -0.639. The van der Waals surface area contributed by atoms with Gasteiger partial charge in [0.1, 0.15) is 6.01 Å². The van der Waals surface area contributed by atoms with Crippen molar-refractivity contribution in [3.8, 4) is 0 Å². The number of thioether (sulfide) groups is 1. The van der Waals surface area contributed by atoms with Crippen molar-refractivity contribution in [3.05, 3.63) is 0 Å². The van der Waals surface area contributed by atoms with E-state index in [2.05, 4.69) is 0 Å². The Labute approximate surface area is 111 Å². The van der Waals surface area contributed by atoms with Crippen molar-refractivity contribution in [3.63, 3.8) is 0 Å². The molecule has 0 bridgehead atoms. The molecule has 1 amide bonds. The number of amides is 1. The molecule has 0 N–H and O–H groups in total. The van der Waals surface area contributed by atoms with E-state index in [1.54, 1.807) is 0 Å². The fraction of sp³-hybridized carbons (Fsp3) is 0.846. The number of rotatable bonds is 3. The van der Waals surface area contributed by atoms with Crippen LogP contribution in [0.15, 0.2) is 0 Å². The lowest BCUT2D eigenvalue weighted by atomic mass is 9.96. The highest BCUT2D eigenvalue weighted by molar-refractivity contribution is 8.13. The molecular formula is C13H20FNO2S. The lowest BCUT2D eigenvalue weighted by Gasteiger charge is -2.32. The highest BCUT2D eigenvalue weighted by Gasteiger charge is 2.31. The van der Waals surface area contributed by atoms with Crippen molar-refractivity contribution in [2.45, 2.75) is 38.5 Å². The number of alkyl halides is 1. The Kier molecular flexibility index (Phi) is 5.03. The number of likely N-dealkylation sites (tertiary alicyclic amines) is 1. The van der Waals surface area contributed by atoms with Gasteiger partial charge in [-0.1, -0.05) is 24.6 Å². The number of piperidine rings is 1. The van der Waals surface area contributed by atoms with E-state index < -0.39 is 6.01 Å². The summed E-state index contributed by atoms with van der Waals surface area (Å²) in [6.45, 7) is 1.33. The van der Waals surface area contributed by atoms with Crippen LogP contribution < -0.4 is 0 Å². The molecule has 1 saturated heterocycles. The van der Waals surface area contributed by atoms with Crippen molar-refractivity contribution in [1.82, 2.24) is 4.90 Å². The highest BCUT2D eigenvalue weighted by atomic mass is 32.2. The second kappa shape index (κ2) is 6.55. The Bertz CT molecular complexity index is 310. The van der Waals surface area contributed by atoms with Crippen LogP contribution in [0.1, 0.15) is 38.5 Å². The van der Waals surface area contributed by atoms with Gasteiger partial charge in [-0.25, -0.2) is 4.39 Å². The summed E-state index contributed by atoms with van der Waals surface area (Å²) in [6.07, 6.45) is 5.77. The first-order chi connectivity index (χ1) is 8.72. The third-order valence-electron chi connectivity index (χ3n) is 4.04. The molecule has 1 aliphatic heterocycles. The Morgan fingerprint density at radius 2 is 1.67 bits per heavy atom. The fourth-order valence-electron chi connectivity index (χ4n) is 2.94. The summed E-state index contributed by atoms with van der Waals surface area (Å²) in [4.78, 5) is 25.6. The van der Waals surface area contributed by atoms with Crippen LogP contribution in [0.3, 0.4) is 0 Å². The molecule has 0 aromatic heterocycles. The Hall–Kier alpha value is -0.580. The van der Waals surface area contributed by atoms with Gasteiger partial charge in [0.05, 0.1) is 0 Å². The molecule has 0 spiro atoms. The number of carbonyl (C=O) groups excluding carboxylic acids is 2. The second-order valence-electron chi connectivity index (χ2n) is 5.15. The molecule has 2 rings (SSSR count). The van der Waals surface area contributed by atoms with Crippen LogP contribution in [-0.4, -0.2) is 35.0 Å². The van der Waals surface area contributed by atoms with E-state index in [9.17, 15) is 14.0 Å². The van der Waals surface area contributed by atoms with Crippen molar-refractivity contribution in [2.75, 3.05) is 19.1 Å². The predicted molar refractivity (Wildman–Crippen MR) is 69.8 cm³/mol. The zero-order chi connectivity index (χ0) is 13.0. The quantitative estimate of drug-likeness (QED) is 0.793. The van der Waals surface area contributed by atoms with Gasteiger partial charge >= 0.3 is 0 Å². The zero-order valence-electron chi connectivity index (χ0n) is 10.6. The molecule has 1 saturated carbocycles. The summed E-state index contributed by atoms with van der Waals surface area (Å²) in [7, 11) is 0. The average molecular weight is 273 g/mol. The second-order valence-corrected chi connectivity index (χ2v) is 6.06. The molecule has 1 heterocycles. The highest BCUT2D eigenvalue weighted by Crippen LogP contribution is 2.29. The van der Waals surface area contributed by atoms with E-state index in [1.807, 2.05) is 4.90 Å². The molecular weight excluding hydrogens is 253 g/mol. The third kappa shape index (κ3) is 3.25. The largest absolute Gasteiger partial charge is 0.342 e. The maximum atomic E-state index is 12.2. The van der Waals surface area contributed by atoms with Crippen LogP contribution in [0.4, 0.5) is 4.39 Å². The van der Waals surface area contributed by atoms with E-state index in [1.165, 1.54) is 12.8 Å². The monoisotopic (exact) mass is 273 g/mol. The molecule has 5 heteroatoms. The van der Waals surface area contributed by atoms with Crippen LogP contribution in [0.5, 0.6) is 0 Å². The summed E-state index contributed by atoms with van der Waals surface area (Å²) >= 11 is 0.764. The average Bonchev–Trinajstić information content (AvgIpc) is 2.92. The van der Waals surface area contributed by atoms with Gasteiger partial charge in [0, 0.05) is 24.9 Å². The first kappa shape index (κ1) is 13.8. The number of hydrogen-bond donors (Lipinski definition) is 0. The van der Waals surface area contributed by atoms with E-state index in [0.29, 0.717) is 25.9 Å². The van der Waals surface area contributed by atoms with Crippen molar-refractivity contribution in [1.29, 1.82) is 0 Å². The summed E-state index contributed by atoms with van der Waals surface area (Å²) < 4.78 is 12.1. The maximum absolute atomic E-state index is 12.2. The van der Waals surface area contributed by atoms with Crippen molar-refractivity contribution >= 4 is 22.8 Å². The fourth-order valence-corrected chi connectivity index (χ4v) is 3.52. The first-order valence-corrected chi connectivity index (χ1v) is 7.72. The minimum absolute atomic E-state index is 0.0505. The molecule has 102 valence electrons. The number of carbonyl (C=O) groups is 2. The molecule has 0 atom stereocenters. The van der Waals surface area contributed by atoms with Gasteiger partial charge < -0.3 is 4.90 Å². The number of hydrogen-bond acceptors (Lipinski definition) is 3. The van der Waals surface area contributed by atoms with Gasteiger partial charge in [-0.15, -0.1) is 0 Å². The first-order valence-electron chi connectivity index (χ1n) is 6.73. The van der Waals surface area contributed by atoms with Crippen molar-refractivity contribution < 1.29 is 14.0 Å². The molecule has 3 nitrogen and oxygen atoms in total. The molecule has 2 aliphatic rings.